The fraction of sp³-hybridized carbons (Fsp3) is 0.353. The standard InChI is InChI=1S/C17H22N2O/c1-4-8-18-17-11-15(7-9-19-17)12-20-16-6-5-13(2)10-14(16)3/h5-7,9-11H,4,8,12H2,1-3H3,(H,18,19). The molecule has 20 heavy (non-hydrogen) atoms. The summed E-state index contributed by atoms with van der Waals surface area (Å²) in [7, 11) is 0. The summed E-state index contributed by atoms with van der Waals surface area (Å²) in [6, 6.07) is 10.3. The van der Waals surface area contributed by atoms with Crippen LogP contribution < -0.4 is 10.1 Å². The number of aryl methyl sites for hydroxylation is 2. The molecule has 0 spiro atoms. The molecule has 0 fully saturated rings. The second-order valence-electron chi connectivity index (χ2n) is 5.03. The minimum Gasteiger partial charge on any atom is -0.489 e. The largest absolute Gasteiger partial charge is 0.489 e. The molecule has 1 heterocycles. The summed E-state index contributed by atoms with van der Waals surface area (Å²) in [4.78, 5) is 4.29. The van der Waals surface area contributed by atoms with Crippen molar-refractivity contribution in [2.75, 3.05) is 11.9 Å². The van der Waals surface area contributed by atoms with Crippen molar-refractivity contribution in [2.24, 2.45) is 0 Å². The van der Waals surface area contributed by atoms with Gasteiger partial charge in [-0.2, -0.15) is 0 Å². The fourth-order valence-corrected chi connectivity index (χ4v) is 2.04. The van der Waals surface area contributed by atoms with E-state index in [1.807, 2.05) is 24.4 Å². The zero-order valence-electron chi connectivity index (χ0n) is 12.4. The van der Waals surface area contributed by atoms with Crippen LogP contribution in [-0.4, -0.2) is 11.5 Å². The summed E-state index contributed by atoms with van der Waals surface area (Å²) >= 11 is 0. The molecule has 0 aliphatic heterocycles. The maximum absolute atomic E-state index is 5.88. The number of rotatable bonds is 6. The van der Waals surface area contributed by atoms with E-state index in [0.717, 1.165) is 30.1 Å². The van der Waals surface area contributed by atoms with Gasteiger partial charge < -0.3 is 10.1 Å². The molecule has 0 radical (unpaired) electrons. The van der Waals surface area contributed by atoms with Gasteiger partial charge in [0.15, 0.2) is 0 Å². The summed E-state index contributed by atoms with van der Waals surface area (Å²) in [6.07, 6.45) is 2.91. The van der Waals surface area contributed by atoms with Crippen LogP contribution in [0.4, 0.5) is 5.82 Å². The van der Waals surface area contributed by atoms with Gasteiger partial charge >= 0.3 is 0 Å². The molecule has 0 aliphatic rings. The number of aromatic nitrogens is 1. The van der Waals surface area contributed by atoms with Crippen molar-refractivity contribution in [1.29, 1.82) is 0 Å². The molecule has 0 atom stereocenters. The molecule has 0 amide bonds. The number of nitrogens with one attached hydrogen (secondary N) is 1. The second kappa shape index (κ2) is 6.94. The first-order valence-corrected chi connectivity index (χ1v) is 7.08. The third-order valence-electron chi connectivity index (χ3n) is 3.11. The maximum atomic E-state index is 5.88. The highest BCUT2D eigenvalue weighted by Crippen LogP contribution is 2.20. The van der Waals surface area contributed by atoms with Gasteiger partial charge in [-0.3, -0.25) is 0 Å². The Morgan fingerprint density at radius 1 is 1.15 bits per heavy atom. The first kappa shape index (κ1) is 14.4. The molecule has 3 nitrogen and oxygen atoms in total. The minimum absolute atomic E-state index is 0.563. The van der Waals surface area contributed by atoms with Gasteiger partial charge in [0.2, 0.25) is 0 Å². The van der Waals surface area contributed by atoms with Crippen molar-refractivity contribution in [3.8, 4) is 5.75 Å². The molecule has 1 aromatic heterocycles. The van der Waals surface area contributed by atoms with Crippen LogP contribution in [0.2, 0.25) is 0 Å². The van der Waals surface area contributed by atoms with E-state index in [1.165, 1.54) is 11.1 Å². The van der Waals surface area contributed by atoms with E-state index in [9.17, 15) is 0 Å². The topological polar surface area (TPSA) is 34.1 Å². The minimum atomic E-state index is 0.563. The predicted molar refractivity (Wildman–Crippen MR) is 83.3 cm³/mol. The number of anilines is 1. The van der Waals surface area contributed by atoms with Gasteiger partial charge in [-0.25, -0.2) is 4.98 Å². The van der Waals surface area contributed by atoms with Crippen LogP contribution in [0.1, 0.15) is 30.0 Å². The van der Waals surface area contributed by atoms with Gasteiger partial charge in [-0.05, 0) is 49.6 Å². The molecule has 2 rings (SSSR count). The highest BCUT2D eigenvalue weighted by Gasteiger charge is 2.02. The van der Waals surface area contributed by atoms with Crippen molar-refractivity contribution in [3.05, 3.63) is 53.2 Å². The van der Waals surface area contributed by atoms with E-state index in [2.05, 4.69) is 43.2 Å². The summed E-state index contributed by atoms with van der Waals surface area (Å²) in [6.45, 7) is 7.80. The van der Waals surface area contributed by atoms with Crippen LogP contribution in [0.5, 0.6) is 5.75 Å². The third-order valence-corrected chi connectivity index (χ3v) is 3.11. The highest BCUT2D eigenvalue weighted by atomic mass is 16.5. The van der Waals surface area contributed by atoms with Crippen LogP contribution in [0.25, 0.3) is 0 Å². The Morgan fingerprint density at radius 2 is 2.00 bits per heavy atom. The van der Waals surface area contributed by atoms with Crippen molar-refractivity contribution >= 4 is 5.82 Å². The zero-order valence-corrected chi connectivity index (χ0v) is 12.4. The number of benzene rings is 1. The summed E-state index contributed by atoms with van der Waals surface area (Å²) in [5.74, 6) is 1.85. The monoisotopic (exact) mass is 270 g/mol. The lowest BCUT2D eigenvalue weighted by Gasteiger charge is -2.11. The Bertz CT molecular complexity index is 567. The predicted octanol–water partition coefficient (Wildman–Crippen LogP) is 4.10. The molecule has 2 aromatic rings. The summed E-state index contributed by atoms with van der Waals surface area (Å²) in [5.41, 5.74) is 3.55. The first-order valence-electron chi connectivity index (χ1n) is 7.08. The smallest absolute Gasteiger partial charge is 0.126 e. The summed E-state index contributed by atoms with van der Waals surface area (Å²) < 4.78 is 5.88. The van der Waals surface area contributed by atoms with E-state index < -0.39 is 0 Å². The van der Waals surface area contributed by atoms with Crippen LogP contribution in [-0.2, 0) is 6.61 Å². The number of ether oxygens (including phenoxy) is 1. The Kier molecular flexibility index (Phi) is 4.99. The normalized spacial score (nSPS) is 10.3. The van der Waals surface area contributed by atoms with Gasteiger partial charge in [0.05, 0.1) is 0 Å². The maximum Gasteiger partial charge on any atom is 0.126 e. The molecule has 1 N–H and O–H groups in total. The van der Waals surface area contributed by atoms with E-state index in [4.69, 9.17) is 4.74 Å². The van der Waals surface area contributed by atoms with Gasteiger partial charge in [-0.15, -0.1) is 0 Å². The molecule has 0 unspecified atom stereocenters. The molecular weight excluding hydrogens is 248 g/mol. The van der Waals surface area contributed by atoms with E-state index in [0.29, 0.717) is 6.61 Å². The average molecular weight is 270 g/mol. The first-order chi connectivity index (χ1) is 9.69. The van der Waals surface area contributed by atoms with E-state index >= 15 is 0 Å². The fourth-order valence-electron chi connectivity index (χ4n) is 2.04. The zero-order chi connectivity index (χ0) is 14.4. The van der Waals surface area contributed by atoms with E-state index in [-0.39, 0.29) is 0 Å². The molecule has 1 aromatic carbocycles. The molecular formula is C17H22N2O. The van der Waals surface area contributed by atoms with Gasteiger partial charge in [-0.1, -0.05) is 24.6 Å². The van der Waals surface area contributed by atoms with Crippen LogP contribution in [0.3, 0.4) is 0 Å². The van der Waals surface area contributed by atoms with Crippen LogP contribution in [0.15, 0.2) is 36.5 Å². The third kappa shape index (κ3) is 3.98. The van der Waals surface area contributed by atoms with Gasteiger partial charge in [0.25, 0.3) is 0 Å². The van der Waals surface area contributed by atoms with Crippen molar-refractivity contribution in [1.82, 2.24) is 4.98 Å². The molecule has 0 bridgehead atoms. The van der Waals surface area contributed by atoms with Crippen molar-refractivity contribution in [2.45, 2.75) is 33.8 Å². The quantitative estimate of drug-likeness (QED) is 0.858. The van der Waals surface area contributed by atoms with Gasteiger partial charge in [0.1, 0.15) is 18.2 Å². The Balaban J connectivity index is 1.99. The Hall–Kier alpha value is -2.03. The highest BCUT2D eigenvalue weighted by molar-refractivity contribution is 5.38. The summed E-state index contributed by atoms with van der Waals surface area (Å²) in [5, 5.41) is 3.29. The lowest BCUT2D eigenvalue weighted by molar-refractivity contribution is 0.304. The number of hydrogen-bond donors (Lipinski definition) is 1. The lowest BCUT2D eigenvalue weighted by Crippen LogP contribution is -2.03. The molecule has 106 valence electrons. The number of nitrogens with zero attached hydrogens (tertiary/aromatic N) is 1. The number of hydrogen-bond acceptors (Lipinski definition) is 3. The van der Waals surface area contributed by atoms with Crippen LogP contribution in [0, 0.1) is 13.8 Å². The Morgan fingerprint density at radius 3 is 2.75 bits per heavy atom. The SMILES string of the molecule is CCCNc1cc(COc2ccc(C)cc2C)ccn1. The van der Waals surface area contributed by atoms with Crippen molar-refractivity contribution in [3.63, 3.8) is 0 Å². The number of pyridine rings is 1. The van der Waals surface area contributed by atoms with Crippen LogP contribution >= 0.6 is 0 Å². The Labute approximate surface area is 121 Å². The van der Waals surface area contributed by atoms with Crippen molar-refractivity contribution < 1.29 is 4.74 Å². The molecule has 0 aliphatic carbocycles. The average Bonchev–Trinajstić information content (AvgIpc) is 2.45. The molecule has 3 heteroatoms. The molecule has 0 saturated heterocycles. The second-order valence-corrected chi connectivity index (χ2v) is 5.03. The molecule has 0 saturated carbocycles. The van der Waals surface area contributed by atoms with E-state index in [1.54, 1.807) is 0 Å². The lowest BCUT2D eigenvalue weighted by atomic mass is 10.1. The van der Waals surface area contributed by atoms with Gasteiger partial charge in [0, 0.05) is 12.7 Å².